The molecule has 0 unspecified atom stereocenters. The first kappa shape index (κ1) is 15.2. The number of hydrogen-bond donors (Lipinski definition) is 1. The van der Waals surface area contributed by atoms with E-state index in [4.69, 9.17) is 0 Å². The fraction of sp³-hybridized carbons (Fsp3) is 0.200. The van der Waals surface area contributed by atoms with E-state index in [2.05, 4.69) is 30.2 Å². The van der Waals surface area contributed by atoms with Crippen LogP contribution in [-0.4, -0.2) is 17.4 Å². The highest BCUT2D eigenvalue weighted by Crippen LogP contribution is 2.23. The molecule has 0 spiro atoms. The van der Waals surface area contributed by atoms with Gasteiger partial charge in [-0.05, 0) is 35.7 Å². The van der Waals surface area contributed by atoms with Crippen molar-refractivity contribution in [2.24, 2.45) is 5.92 Å². The molecule has 0 atom stereocenters. The molecule has 1 aromatic heterocycles. The van der Waals surface area contributed by atoms with Crippen molar-refractivity contribution in [3.63, 3.8) is 0 Å². The second-order valence-electron chi connectivity index (χ2n) is 6.10. The third-order valence-corrected chi connectivity index (χ3v) is 3.72. The average molecular weight is 304 g/mol. The smallest absolute Gasteiger partial charge is 0.251 e. The van der Waals surface area contributed by atoms with Crippen LogP contribution in [0, 0.1) is 5.92 Å². The number of benzene rings is 2. The van der Waals surface area contributed by atoms with Crippen molar-refractivity contribution in [3.8, 4) is 11.1 Å². The average Bonchev–Trinajstić information content (AvgIpc) is 2.59. The molecular weight excluding hydrogens is 284 g/mol. The number of hydrogen-bond acceptors (Lipinski definition) is 2. The summed E-state index contributed by atoms with van der Waals surface area (Å²) < 4.78 is 0. The third kappa shape index (κ3) is 3.57. The summed E-state index contributed by atoms with van der Waals surface area (Å²) in [7, 11) is 0. The monoisotopic (exact) mass is 304 g/mol. The first-order chi connectivity index (χ1) is 11.1. The lowest BCUT2D eigenvalue weighted by Crippen LogP contribution is -2.27. The molecule has 1 heterocycles. The summed E-state index contributed by atoms with van der Waals surface area (Å²) in [6, 6.07) is 17.8. The summed E-state index contributed by atoms with van der Waals surface area (Å²) in [4.78, 5) is 16.7. The zero-order valence-corrected chi connectivity index (χ0v) is 13.4. The fourth-order valence-electron chi connectivity index (χ4n) is 2.47. The van der Waals surface area contributed by atoms with Gasteiger partial charge >= 0.3 is 0 Å². The normalized spacial score (nSPS) is 10.9. The van der Waals surface area contributed by atoms with Gasteiger partial charge in [-0.25, -0.2) is 0 Å². The predicted molar refractivity (Wildman–Crippen MR) is 94.4 cm³/mol. The Balaban J connectivity index is 1.90. The second-order valence-corrected chi connectivity index (χ2v) is 6.10. The highest BCUT2D eigenvalue weighted by Gasteiger charge is 2.08. The van der Waals surface area contributed by atoms with Gasteiger partial charge in [0.15, 0.2) is 0 Å². The van der Waals surface area contributed by atoms with Gasteiger partial charge in [0.2, 0.25) is 0 Å². The number of para-hydroxylation sites is 1. The van der Waals surface area contributed by atoms with Crippen LogP contribution in [0.4, 0.5) is 0 Å². The maximum atomic E-state index is 12.2. The molecule has 1 amide bonds. The molecule has 0 aliphatic rings. The molecular formula is C20H20N2O. The van der Waals surface area contributed by atoms with Gasteiger partial charge in [-0.3, -0.25) is 9.78 Å². The molecule has 2 aromatic carbocycles. The Bertz CT molecular complexity index is 840. The molecule has 0 radical (unpaired) electrons. The lowest BCUT2D eigenvalue weighted by Gasteiger charge is -2.09. The van der Waals surface area contributed by atoms with E-state index in [9.17, 15) is 4.79 Å². The Morgan fingerprint density at radius 1 is 1.04 bits per heavy atom. The predicted octanol–water partition coefficient (Wildman–Crippen LogP) is 4.29. The molecule has 0 aliphatic heterocycles. The molecule has 3 rings (SSSR count). The first-order valence-corrected chi connectivity index (χ1v) is 7.87. The van der Waals surface area contributed by atoms with Crippen molar-refractivity contribution >= 4 is 16.8 Å². The summed E-state index contributed by atoms with van der Waals surface area (Å²) in [5, 5.41) is 4.05. The van der Waals surface area contributed by atoms with Crippen molar-refractivity contribution in [2.75, 3.05) is 6.54 Å². The number of aromatic nitrogens is 1. The number of carbonyl (C=O) groups is 1. The third-order valence-electron chi connectivity index (χ3n) is 3.72. The summed E-state index contributed by atoms with van der Waals surface area (Å²) in [6.07, 6.45) is 1.85. The molecule has 116 valence electrons. The summed E-state index contributed by atoms with van der Waals surface area (Å²) in [6.45, 7) is 4.84. The van der Waals surface area contributed by atoms with Crippen LogP contribution >= 0.6 is 0 Å². The molecule has 1 N–H and O–H groups in total. The van der Waals surface area contributed by atoms with Gasteiger partial charge in [0, 0.05) is 29.3 Å². The van der Waals surface area contributed by atoms with Gasteiger partial charge < -0.3 is 5.32 Å². The summed E-state index contributed by atoms with van der Waals surface area (Å²) in [5.41, 5.74) is 3.67. The van der Waals surface area contributed by atoms with Gasteiger partial charge in [0.1, 0.15) is 0 Å². The molecule has 0 bridgehead atoms. The summed E-state index contributed by atoms with van der Waals surface area (Å²) >= 11 is 0. The number of nitrogens with one attached hydrogen (secondary N) is 1. The van der Waals surface area contributed by atoms with Crippen molar-refractivity contribution in [1.82, 2.24) is 10.3 Å². The van der Waals surface area contributed by atoms with E-state index >= 15 is 0 Å². The van der Waals surface area contributed by atoms with E-state index in [-0.39, 0.29) is 5.91 Å². The van der Waals surface area contributed by atoms with Gasteiger partial charge in [-0.1, -0.05) is 44.2 Å². The van der Waals surface area contributed by atoms with E-state index in [0.29, 0.717) is 18.0 Å². The number of pyridine rings is 1. The van der Waals surface area contributed by atoms with Crippen LogP contribution in [0.3, 0.4) is 0 Å². The lowest BCUT2D eigenvalue weighted by atomic mass is 10.0. The first-order valence-electron chi connectivity index (χ1n) is 7.87. The van der Waals surface area contributed by atoms with E-state index in [1.54, 1.807) is 0 Å². The Hall–Kier alpha value is -2.68. The van der Waals surface area contributed by atoms with Crippen LogP contribution in [0.5, 0.6) is 0 Å². The van der Waals surface area contributed by atoms with Crippen molar-refractivity contribution in [2.45, 2.75) is 13.8 Å². The molecule has 3 heteroatoms. The molecule has 0 saturated heterocycles. The number of rotatable bonds is 4. The zero-order valence-electron chi connectivity index (χ0n) is 13.4. The van der Waals surface area contributed by atoms with E-state index in [1.807, 2.05) is 54.7 Å². The van der Waals surface area contributed by atoms with Crippen LogP contribution in [0.2, 0.25) is 0 Å². The van der Waals surface area contributed by atoms with Crippen LogP contribution < -0.4 is 5.32 Å². The van der Waals surface area contributed by atoms with E-state index < -0.39 is 0 Å². The van der Waals surface area contributed by atoms with Gasteiger partial charge in [0.25, 0.3) is 5.91 Å². The van der Waals surface area contributed by atoms with E-state index in [0.717, 1.165) is 22.0 Å². The Labute approximate surface area is 136 Å². The largest absolute Gasteiger partial charge is 0.352 e. The maximum absolute atomic E-state index is 12.2. The molecule has 3 aromatic rings. The number of fused-ring (bicyclic) bond motifs is 1. The molecule has 0 aliphatic carbocycles. The minimum absolute atomic E-state index is 0.0331. The van der Waals surface area contributed by atoms with Crippen LogP contribution in [0.1, 0.15) is 24.2 Å². The van der Waals surface area contributed by atoms with Crippen molar-refractivity contribution in [1.29, 1.82) is 0 Å². The lowest BCUT2D eigenvalue weighted by molar-refractivity contribution is 0.0949. The van der Waals surface area contributed by atoms with Gasteiger partial charge in [-0.2, -0.15) is 0 Å². The molecule has 0 fully saturated rings. The minimum Gasteiger partial charge on any atom is -0.352 e. The number of nitrogens with zero attached hydrogens (tertiary/aromatic N) is 1. The standard InChI is InChI=1S/C20H20N2O/c1-14(2)12-22-20(23)17-8-5-7-15(10-17)18-11-16-6-3-4-9-19(16)21-13-18/h3-11,13-14H,12H2,1-2H3,(H,22,23). The maximum Gasteiger partial charge on any atom is 0.251 e. The quantitative estimate of drug-likeness (QED) is 0.781. The zero-order chi connectivity index (χ0) is 16.2. The minimum atomic E-state index is -0.0331. The van der Waals surface area contributed by atoms with Crippen LogP contribution in [-0.2, 0) is 0 Å². The Morgan fingerprint density at radius 3 is 2.70 bits per heavy atom. The highest BCUT2D eigenvalue weighted by atomic mass is 16.1. The van der Waals surface area contributed by atoms with Gasteiger partial charge in [-0.15, -0.1) is 0 Å². The second kappa shape index (κ2) is 6.61. The molecule has 0 saturated carbocycles. The van der Waals surface area contributed by atoms with Crippen LogP contribution in [0.15, 0.2) is 60.8 Å². The highest BCUT2D eigenvalue weighted by molar-refractivity contribution is 5.95. The molecule has 23 heavy (non-hydrogen) atoms. The van der Waals surface area contributed by atoms with E-state index in [1.165, 1.54) is 0 Å². The Kier molecular flexibility index (Phi) is 4.38. The topological polar surface area (TPSA) is 42.0 Å². The summed E-state index contributed by atoms with van der Waals surface area (Å²) in [5.74, 6) is 0.404. The molecule has 3 nitrogen and oxygen atoms in total. The number of carbonyl (C=O) groups excluding carboxylic acids is 1. The SMILES string of the molecule is CC(C)CNC(=O)c1cccc(-c2cnc3ccccc3c2)c1. The van der Waals surface area contributed by atoms with Gasteiger partial charge in [0.05, 0.1) is 5.52 Å². The van der Waals surface area contributed by atoms with Crippen molar-refractivity contribution < 1.29 is 4.79 Å². The fourth-order valence-corrected chi connectivity index (χ4v) is 2.47. The van der Waals surface area contributed by atoms with Crippen LogP contribution in [0.25, 0.3) is 22.0 Å². The Morgan fingerprint density at radius 2 is 1.87 bits per heavy atom. The number of amides is 1. The van der Waals surface area contributed by atoms with Crippen molar-refractivity contribution in [3.05, 3.63) is 66.4 Å².